The molecule has 0 saturated heterocycles. The molecule has 2 unspecified atom stereocenters. The highest BCUT2D eigenvalue weighted by Crippen LogP contribution is 2.12. The third kappa shape index (κ3) is 4.62. The van der Waals surface area contributed by atoms with Crippen molar-refractivity contribution in [3.8, 4) is 0 Å². The van der Waals surface area contributed by atoms with Crippen molar-refractivity contribution in [1.29, 1.82) is 0 Å². The van der Waals surface area contributed by atoms with Crippen molar-refractivity contribution >= 4 is 23.5 Å². The van der Waals surface area contributed by atoms with Gasteiger partial charge in [0.1, 0.15) is 11.8 Å². The Morgan fingerprint density at radius 1 is 0.895 bits per heavy atom. The second-order valence-corrected chi connectivity index (χ2v) is 3.87. The topological polar surface area (TPSA) is 77.5 Å². The fourth-order valence-electron chi connectivity index (χ4n) is 1.49. The number of ether oxygens (including phenoxy) is 1. The summed E-state index contributed by atoms with van der Waals surface area (Å²) in [5.41, 5.74) is 0. The third-order valence-corrected chi connectivity index (χ3v) is 2.68. The van der Waals surface area contributed by atoms with E-state index in [0.717, 1.165) is 12.2 Å². The molecular formula is C14H18O5. The molecule has 0 bridgehead atoms. The molecule has 19 heavy (non-hydrogen) atoms. The average molecular weight is 266 g/mol. The van der Waals surface area contributed by atoms with E-state index in [1.54, 1.807) is 13.8 Å². The lowest BCUT2D eigenvalue weighted by atomic mass is 10.00. The minimum absolute atomic E-state index is 0.198. The van der Waals surface area contributed by atoms with Gasteiger partial charge < -0.3 is 4.74 Å². The zero-order valence-electron chi connectivity index (χ0n) is 11.2. The number of hydrogen-bond donors (Lipinski definition) is 0. The molecule has 0 aliphatic rings. The predicted octanol–water partition coefficient (Wildman–Crippen LogP) is 1.62. The maximum absolute atomic E-state index is 11.7. The monoisotopic (exact) mass is 266 g/mol. The van der Waals surface area contributed by atoms with E-state index in [0.29, 0.717) is 0 Å². The molecule has 104 valence electrons. The van der Waals surface area contributed by atoms with Gasteiger partial charge in [-0.15, -0.1) is 0 Å². The van der Waals surface area contributed by atoms with Crippen molar-refractivity contribution in [2.75, 3.05) is 0 Å². The Bertz CT molecular complexity index is 370. The van der Waals surface area contributed by atoms with Crippen molar-refractivity contribution in [3.63, 3.8) is 0 Å². The number of esters is 2. The molecule has 0 aromatic rings. The van der Waals surface area contributed by atoms with Crippen molar-refractivity contribution in [2.45, 2.75) is 26.7 Å². The number of ketones is 2. The van der Waals surface area contributed by atoms with E-state index in [9.17, 15) is 19.2 Å². The summed E-state index contributed by atoms with van der Waals surface area (Å²) in [6, 6.07) is 0. The van der Waals surface area contributed by atoms with E-state index in [-0.39, 0.29) is 12.8 Å². The van der Waals surface area contributed by atoms with Gasteiger partial charge in [0.15, 0.2) is 11.6 Å². The summed E-state index contributed by atoms with van der Waals surface area (Å²) in [4.78, 5) is 46.1. The normalized spacial score (nSPS) is 12.9. The molecule has 0 rings (SSSR count). The summed E-state index contributed by atoms with van der Waals surface area (Å²) in [6.07, 6.45) is 2.41. The first-order chi connectivity index (χ1) is 8.92. The highest BCUT2D eigenvalue weighted by molar-refractivity contribution is 6.10. The molecule has 0 N–H and O–H groups in total. The van der Waals surface area contributed by atoms with Crippen LogP contribution in [0.15, 0.2) is 25.3 Å². The molecule has 0 aromatic heterocycles. The number of carbonyl (C=O) groups excluding carboxylic acids is 4. The van der Waals surface area contributed by atoms with Crippen LogP contribution in [0, 0.1) is 11.8 Å². The smallest absolute Gasteiger partial charge is 0.324 e. The first-order valence-electron chi connectivity index (χ1n) is 6.00. The standard InChI is InChI=1S/C14H18O5/c1-5-9(11(15)7-3)13(17)19-14(18)10(6-2)12(16)8-4/h7-10H,3-6H2,1-2H3. The van der Waals surface area contributed by atoms with Gasteiger partial charge in [0.25, 0.3) is 0 Å². The maximum Gasteiger partial charge on any atom is 0.324 e. The molecule has 5 heteroatoms. The highest BCUT2D eigenvalue weighted by atomic mass is 16.6. The van der Waals surface area contributed by atoms with Crippen LogP contribution in [0.2, 0.25) is 0 Å². The van der Waals surface area contributed by atoms with Crippen LogP contribution in [-0.2, 0) is 23.9 Å². The minimum atomic E-state index is -1.06. The van der Waals surface area contributed by atoms with E-state index in [2.05, 4.69) is 17.9 Å². The molecule has 0 amide bonds. The molecule has 0 aliphatic carbocycles. The quantitative estimate of drug-likeness (QED) is 0.379. The molecule has 0 fully saturated rings. The lowest BCUT2D eigenvalue weighted by molar-refractivity contribution is -0.166. The molecule has 0 spiro atoms. The van der Waals surface area contributed by atoms with Gasteiger partial charge in [-0.1, -0.05) is 27.0 Å². The first kappa shape index (κ1) is 17.0. The van der Waals surface area contributed by atoms with Gasteiger partial charge in [0, 0.05) is 0 Å². The van der Waals surface area contributed by atoms with Gasteiger partial charge in [0.05, 0.1) is 0 Å². The van der Waals surface area contributed by atoms with Crippen LogP contribution in [0.3, 0.4) is 0 Å². The van der Waals surface area contributed by atoms with Gasteiger partial charge in [-0.05, 0) is 25.0 Å². The fourth-order valence-corrected chi connectivity index (χ4v) is 1.49. The van der Waals surface area contributed by atoms with Crippen LogP contribution in [0.1, 0.15) is 26.7 Å². The second kappa shape index (κ2) is 8.13. The van der Waals surface area contributed by atoms with E-state index >= 15 is 0 Å². The lowest BCUT2D eigenvalue weighted by Gasteiger charge is -2.13. The van der Waals surface area contributed by atoms with Gasteiger partial charge in [-0.25, -0.2) is 0 Å². The van der Waals surface area contributed by atoms with Crippen molar-refractivity contribution < 1.29 is 23.9 Å². The summed E-state index contributed by atoms with van der Waals surface area (Å²) < 4.78 is 4.59. The molecule has 0 saturated carbocycles. The number of carbonyl (C=O) groups is 4. The SMILES string of the molecule is C=CC(=O)C(CC)C(=O)OC(=O)C(CC)C(=O)C=C. The van der Waals surface area contributed by atoms with Gasteiger partial charge in [-0.3, -0.25) is 19.2 Å². The predicted molar refractivity (Wildman–Crippen MR) is 69.1 cm³/mol. The molecule has 2 atom stereocenters. The maximum atomic E-state index is 11.7. The zero-order valence-corrected chi connectivity index (χ0v) is 11.2. The largest absolute Gasteiger partial charge is 0.392 e. The summed E-state index contributed by atoms with van der Waals surface area (Å²) in [7, 11) is 0. The van der Waals surface area contributed by atoms with Gasteiger partial charge in [0.2, 0.25) is 0 Å². The fraction of sp³-hybridized carbons (Fsp3) is 0.429. The number of allylic oxidation sites excluding steroid dienone is 2. The molecular weight excluding hydrogens is 248 g/mol. The number of hydrogen-bond acceptors (Lipinski definition) is 5. The Balaban J connectivity index is 4.83. The van der Waals surface area contributed by atoms with E-state index < -0.39 is 35.3 Å². The third-order valence-electron chi connectivity index (χ3n) is 2.68. The molecule has 0 aliphatic heterocycles. The van der Waals surface area contributed by atoms with Crippen molar-refractivity contribution in [1.82, 2.24) is 0 Å². The Morgan fingerprint density at radius 3 is 1.42 bits per heavy atom. The summed E-state index contributed by atoms with van der Waals surface area (Å²) in [5.74, 6) is -5.04. The molecule has 0 aromatic carbocycles. The van der Waals surface area contributed by atoms with Crippen LogP contribution in [0.4, 0.5) is 0 Å². The number of rotatable bonds is 8. The molecule has 0 radical (unpaired) electrons. The lowest BCUT2D eigenvalue weighted by Crippen LogP contribution is -2.31. The van der Waals surface area contributed by atoms with Crippen LogP contribution in [0.25, 0.3) is 0 Å². The zero-order chi connectivity index (χ0) is 15.0. The molecule has 0 heterocycles. The summed E-state index contributed by atoms with van der Waals surface area (Å²) in [6.45, 7) is 9.78. The van der Waals surface area contributed by atoms with Crippen LogP contribution >= 0.6 is 0 Å². The molecule has 5 nitrogen and oxygen atoms in total. The Morgan fingerprint density at radius 2 is 1.21 bits per heavy atom. The van der Waals surface area contributed by atoms with E-state index in [1.807, 2.05) is 0 Å². The van der Waals surface area contributed by atoms with Crippen LogP contribution in [-0.4, -0.2) is 23.5 Å². The van der Waals surface area contributed by atoms with E-state index in [1.165, 1.54) is 0 Å². The minimum Gasteiger partial charge on any atom is -0.392 e. The Labute approximate surface area is 112 Å². The van der Waals surface area contributed by atoms with Crippen molar-refractivity contribution in [2.24, 2.45) is 11.8 Å². The summed E-state index contributed by atoms with van der Waals surface area (Å²) >= 11 is 0. The average Bonchev–Trinajstić information content (AvgIpc) is 2.39. The van der Waals surface area contributed by atoms with Crippen LogP contribution < -0.4 is 0 Å². The summed E-state index contributed by atoms with van der Waals surface area (Å²) in [5, 5.41) is 0. The Hall–Kier alpha value is -2.04. The van der Waals surface area contributed by atoms with Crippen molar-refractivity contribution in [3.05, 3.63) is 25.3 Å². The van der Waals surface area contributed by atoms with Crippen LogP contribution in [0.5, 0.6) is 0 Å². The second-order valence-electron chi connectivity index (χ2n) is 3.87. The highest BCUT2D eigenvalue weighted by Gasteiger charge is 2.31. The Kier molecular flexibility index (Phi) is 7.26. The van der Waals surface area contributed by atoms with Gasteiger partial charge >= 0.3 is 11.9 Å². The first-order valence-corrected chi connectivity index (χ1v) is 6.00. The van der Waals surface area contributed by atoms with Gasteiger partial charge in [-0.2, -0.15) is 0 Å². The van der Waals surface area contributed by atoms with E-state index in [4.69, 9.17) is 0 Å².